The molecule has 41 heavy (non-hydrogen) atoms. The topological polar surface area (TPSA) is 81.7 Å². The van der Waals surface area contributed by atoms with Gasteiger partial charge in [-0.05, 0) is 64.5 Å². The molecule has 1 N–H and O–H groups in total. The minimum absolute atomic E-state index is 0.0168. The van der Waals surface area contributed by atoms with Crippen molar-refractivity contribution in [1.29, 1.82) is 0 Å². The predicted octanol–water partition coefficient (Wildman–Crippen LogP) is 5.94. The lowest BCUT2D eigenvalue weighted by molar-refractivity contribution is 0.159. The van der Waals surface area contributed by atoms with Gasteiger partial charge >= 0.3 is 0 Å². The first kappa shape index (κ1) is 32.8. The van der Waals surface area contributed by atoms with Crippen molar-refractivity contribution >= 4 is 32.2 Å². The van der Waals surface area contributed by atoms with Crippen LogP contribution in [0.1, 0.15) is 57.8 Å². The highest BCUT2D eigenvalue weighted by molar-refractivity contribution is 7.94. The Morgan fingerprint density at radius 3 is 2.22 bits per heavy atom. The number of likely N-dealkylation sites (tertiary alicyclic amines) is 1. The van der Waals surface area contributed by atoms with Gasteiger partial charge in [0.15, 0.2) is 0 Å². The minimum atomic E-state index is -3.99. The van der Waals surface area contributed by atoms with Gasteiger partial charge in [0.1, 0.15) is 16.6 Å². The molecule has 0 radical (unpaired) electrons. The van der Waals surface area contributed by atoms with Crippen LogP contribution in [0.25, 0.3) is 0 Å². The molecule has 0 amide bonds. The lowest BCUT2D eigenvalue weighted by atomic mass is 9.99. The second-order valence-electron chi connectivity index (χ2n) is 10.0. The molecule has 1 aromatic carbocycles. The number of piperidine rings is 1. The van der Waals surface area contributed by atoms with E-state index in [1.54, 1.807) is 13.0 Å². The van der Waals surface area contributed by atoms with E-state index in [2.05, 4.69) is 50.2 Å². The van der Waals surface area contributed by atoms with E-state index in [0.717, 1.165) is 48.3 Å². The van der Waals surface area contributed by atoms with Gasteiger partial charge in [0, 0.05) is 37.8 Å². The van der Waals surface area contributed by atoms with Crippen molar-refractivity contribution in [3.63, 3.8) is 0 Å². The average molecular weight is 609 g/mol. The van der Waals surface area contributed by atoms with Crippen molar-refractivity contribution in [3.8, 4) is 0 Å². The first-order valence-corrected chi connectivity index (χ1v) is 16.4. The largest absolute Gasteiger partial charge is 0.362 e. The van der Waals surface area contributed by atoms with Crippen LogP contribution in [0.3, 0.4) is 0 Å². The van der Waals surface area contributed by atoms with E-state index >= 15 is 0 Å². The summed E-state index contributed by atoms with van der Waals surface area (Å²) in [6, 6.07) is 11.0. The number of sulfonamides is 1. The Morgan fingerprint density at radius 2 is 1.66 bits per heavy atom. The number of aryl methyl sites for hydroxylation is 1. The van der Waals surface area contributed by atoms with E-state index in [4.69, 9.17) is 0 Å². The molecule has 0 aliphatic carbocycles. The number of rotatable bonds is 10. The van der Waals surface area contributed by atoms with E-state index in [1.165, 1.54) is 37.8 Å². The van der Waals surface area contributed by atoms with Crippen LogP contribution in [0.4, 0.5) is 19.6 Å². The lowest BCUT2D eigenvalue weighted by Crippen LogP contribution is -2.44. The van der Waals surface area contributed by atoms with Gasteiger partial charge in [0.25, 0.3) is 10.0 Å². The van der Waals surface area contributed by atoms with E-state index in [0.29, 0.717) is 11.3 Å². The molecule has 3 aromatic rings. The number of pyridine rings is 1. The molecule has 1 aliphatic rings. The fraction of sp³-hybridized carbons (Fsp3) is 0.517. The molecule has 0 bridgehead atoms. The lowest BCUT2D eigenvalue weighted by Gasteiger charge is -2.40. The minimum Gasteiger partial charge on any atom is -0.362 e. The van der Waals surface area contributed by atoms with Gasteiger partial charge in [0.2, 0.25) is 10.3 Å². The molecule has 12 heteroatoms. The molecule has 3 heterocycles. The number of benzene rings is 1. The number of nitrogens with one attached hydrogen (secondary N) is 1. The van der Waals surface area contributed by atoms with Crippen LogP contribution >= 0.6 is 11.3 Å². The summed E-state index contributed by atoms with van der Waals surface area (Å²) in [6.45, 7) is 15.5. The third-order valence-electron chi connectivity index (χ3n) is 7.55. The summed E-state index contributed by atoms with van der Waals surface area (Å²) >= 11 is 1.08. The smallest absolute Gasteiger partial charge is 0.290 e. The Hall–Kier alpha value is -2.67. The van der Waals surface area contributed by atoms with Crippen molar-refractivity contribution in [1.82, 2.24) is 19.8 Å². The summed E-state index contributed by atoms with van der Waals surface area (Å²) in [5, 5.41) is 0.771. The molecule has 226 valence electrons. The maximum atomic E-state index is 14.2. The maximum Gasteiger partial charge on any atom is 0.290 e. The number of hydrogen-bond donors (Lipinski definition) is 1. The van der Waals surface area contributed by atoms with Gasteiger partial charge in [-0.1, -0.05) is 56.4 Å². The summed E-state index contributed by atoms with van der Waals surface area (Å²) in [7, 11) is -2.05. The van der Waals surface area contributed by atoms with Crippen molar-refractivity contribution < 1.29 is 17.2 Å². The van der Waals surface area contributed by atoms with Crippen LogP contribution in [0, 0.1) is 18.7 Å². The summed E-state index contributed by atoms with van der Waals surface area (Å²) in [4.78, 5) is 14.5. The van der Waals surface area contributed by atoms with Gasteiger partial charge in [-0.25, -0.2) is 14.4 Å². The normalized spacial score (nSPS) is 15.3. The van der Waals surface area contributed by atoms with E-state index in [1.807, 2.05) is 26.1 Å². The van der Waals surface area contributed by atoms with Gasteiger partial charge in [-0.3, -0.25) is 9.62 Å². The Balaban J connectivity index is 0.000000587. The van der Waals surface area contributed by atoms with Crippen LogP contribution < -0.4 is 9.62 Å². The SMILES string of the molecule is CCN(CC)CC.Cc1nc(S(=O)(=O)Nc2cccc(F)n2)sc1N(C)C1CCN([C@H](C)c2ccccc2F)CC1. The monoisotopic (exact) mass is 608 g/mol. The number of aromatic nitrogens is 2. The molecular weight excluding hydrogens is 566 g/mol. The molecule has 1 atom stereocenters. The molecule has 1 aliphatic heterocycles. The maximum absolute atomic E-state index is 14.2. The number of thiazole rings is 1. The van der Waals surface area contributed by atoms with Crippen LogP contribution in [0.5, 0.6) is 0 Å². The zero-order chi connectivity index (χ0) is 30.2. The van der Waals surface area contributed by atoms with Gasteiger partial charge < -0.3 is 9.80 Å². The quantitative estimate of drug-likeness (QED) is 0.286. The number of hydrogen-bond acceptors (Lipinski definition) is 8. The number of halogens is 2. The second kappa shape index (κ2) is 15.0. The molecule has 8 nitrogen and oxygen atoms in total. The van der Waals surface area contributed by atoms with Crippen molar-refractivity contribution in [2.24, 2.45) is 0 Å². The van der Waals surface area contributed by atoms with E-state index in [9.17, 15) is 17.2 Å². The molecule has 0 saturated carbocycles. The Labute approximate surface area is 247 Å². The van der Waals surface area contributed by atoms with Gasteiger partial charge in [-0.15, -0.1) is 0 Å². The Kier molecular flexibility index (Phi) is 12.0. The first-order valence-electron chi connectivity index (χ1n) is 14.1. The van der Waals surface area contributed by atoms with Gasteiger partial charge in [0.05, 0.1) is 5.69 Å². The predicted molar refractivity (Wildman–Crippen MR) is 163 cm³/mol. The molecule has 0 unspecified atom stereocenters. The number of anilines is 2. The third kappa shape index (κ3) is 8.67. The fourth-order valence-electron chi connectivity index (χ4n) is 4.96. The average Bonchev–Trinajstić information content (AvgIpc) is 3.36. The molecule has 1 fully saturated rings. The Morgan fingerprint density at radius 1 is 1.02 bits per heavy atom. The zero-order valence-corrected chi connectivity index (χ0v) is 26.4. The van der Waals surface area contributed by atoms with Crippen LogP contribution in [-0.2, 0) is 10.0 Å². The molecule has 4 rings (SSSR count). The van der Waals surface area contributed by atoms with Crippen LogP contribution in [-0.4, -0.2) is 74.0 Å². The molecule has 1 saturated heterocycles. The highest BCUT2D eigenvalue weighted by Crippen LogP contribution is 2.35. The summed E-state index contributed by atoms with van der Waals surface area (Å²) in [5.41, 5.74) is 1.31. The molecular formula is C29H42F2N6O2S2. The molecule has 0 spiro atoms. The second-order valence-corrected chi connectivity index (χ2v) is 12.9. The van der Waals surface area contributed by atoms with Crippen LogP contribution in [0.2, 0.25) is 0 Å². The molecule has 2 aromatic heterocycles. The van der Waals surface area contributed by atoms with Crippen LogP contribution in [0.15, 0.2) is 46.8 Å². The highest BCUT2D eigenvalue weighted by Gasteiger charge is 2.30. The summed E-state index contributed by atoms with van der Waals surface area (Å²) in [5.74, 6) is -1.06. The first-order chi connectivity index (χ1) is 19.5. The van der Waals surface area contributed by atoms with E-state index in [-0.39, 0.29) is 28.1 Å². The van der Waals surface area contributed by atoms with E-state index < -0.39 is 16.0 Å². The highest BCUT2D eigenvalue weighted by atomic mass is 32.2. The zero-order valence-electron chi connectivity index (χ0n) is 24.8. The fourth-order valence-corrected chi connectivity index (χ4v) is 7.33. The number of nitrogens with zero attached hydrogens (tertiary/aromatic N) is 5. The van der Waals surface area contributed by atoms with Gasteiger partial charge in [-0.2, -0.15) is 12.8 Å². The third-order valence-corrected chi connectivity index (χ3v) is 10.5. The van der Waals surface area contributed by atoms with Crippen molar-refractivity contribution in [2.45, 2.75) is 63.9 Å². The van der Waals surface area contributed by atoms with Crippen molar-refractivity contribution in [2.75, 3.05) is 49.4 Å². The summed E-state index contributed by atoms with van der Waals surface area (Å²) in [6.07, 6.45) is 1.72. The standard InChI is InChI=1S/C23H27F2N5O2S2.C6H15N/c1-15-22(33-23(26-15)34(31,32)28-21-10-6-9-20(25)27-21)29(3)17-11-13-30(14-12-17)16(2)18-7-4-5-8-19(18)24;1-4-7(5-2)6-3/h4-10,16-17H,11-14H2,1-3H3,(H,27,28);4-6H2,1-3H3/t16-;/m1./s1. The Bertz CT molecular complexity index is 1350. The summed E-state index contributed by atoms with van der Waals surface area (Å²) < 4.78 is 55.3. The van der Waals surface area contributed by atoms with Crippen molar-refractivity contribution in [3.05, 3.63) is 65.5 Å².